The summed E-state index contributed by atoms with van der Waals surface area (Å²) in [5.41, 5.74) is 7.84. The molecule has 1 amide bonds. The zero-order valence-corrected chi connectivity index (χ0v) is 15.0. The van der Waals surface area contributed by atoms with E-state index in [1.54, 1.807) is 0 Å². The fourth-order valence-corrected chi connectivity index (χ4v) is 2.85. The second-order valence-electron chi connectivity index (χ2n) is 6.99. The van der Waals surface area contributed by atoms with Crippen LogP contribution >= 0.6 is 12.4 Å². The predicted molar refractivity (Wildman–Crippen MR) is 94.9 cm³/mol. The van der Waals surface area contributed by atoms with Crippen LogP contribution in [0.15, 0.2) is 24.3 Å². The monoisotopic (exact) mass is 338 g/mol. The third-order valence-corrected chi connectivity index (χ3v) is 4.60. The summed E-state index contributed by atoms with van der Waals surface area (Å²) >= 11 is 0. The zero-order chi connectivity index (χ0) is 16.3. The first-order valence-corrected chi connectivity index (χ1v) is 7.93. The molecule has 0 saturated carbocycles. The molecule has 0 spiro atoms. The Balaban J connectivity index is 0.00000264. The fourth-order valence-electron chi connectivity index (χ4n) is 2.85. The molecule has 128 valence electrons. The summed E-state index contributed by atoms with van der Waals surface area (Å²) in [6.07, 6.45) is 1.37. The molecule has 1 aromatic carbocycles. The summed E-state index contributed by atoms with van der Waals surface area (Å²) in [6, 6.07) is 7.62. The molecule has 1 aromatic rings. The Morgan fingerprint density at radius 3 is 2.39 bits per heavy atom. The Morgan fingerprint density at radius 2 is 1.83 bits per heavy atom. The van der Waals surface area contributed by atoms with Gasteiger partial charge in [-0.2, -0.15) is 0 Å². The number of nitrogens with two attached hydrogens (primary N) is 1. The smallest absolute Gasteiger partial charge is 0.223 e. The summed E-state index contributed by atoms with van der Waals surface area (Å²) in [6.45, 7) is 7.54. The van der Waals surface area contributed by atoms with Crippen molar-refractivity contribution in [1.82, 2.24) is 4.90 Å². The lowest BCUT2D eigenvalue weighted by Crippen LogP contribution is -2.54. The van der Waals surface area contributed by atoms with Crippen molar-refractivity contribution in [3.8, 4) is 0 Å². The van der Waals surface area contributed by atoms with E-state index in [1.807, 2.05) is 36.1 Å². The fraction of sp³-hybridized carbons (Fsp3) is 0.556. The third-order valence-electron chi connectivity index (χ3n) is 4.60. The van der Waals surface area contributed by atoms with Crippen LogP contribution in [0.1, 0.15) is 49.0 Å². The van der Waals surface area contributed by atoms with E-state index in [0.29, 0.717) is 18.7 Å². The minimum atomic E-state index is -0.0606. The highest BCUT2D eigenvalue weighted by Crippen LogP contribution is 2.28. The van der Waals surface area contributed by atoms with Crippen molar-refractivity contribution in [2.75, 3.05) is 13.1 Å². The number of hydrogen-bond acceptors (Lipinski definition) is 3. The number of carbonyl (C=O) groups is 2. The van der Waals surface area contributed by atoms with Crippen LogP contribution in [0.25, 0.3) is 0 Å². The molecule has 1 heterocycles. The minimum Gasteiger partial charge on any atom is -0.342 e. The van der Waals surface area contributed by atoms with E-state index in [0.717, 1.165) is 12.0 Å². The van der Waals surface area contributed by atoms with Gasteiger partial charge in [0, 0.05) is 37.5 Å². The van der Waals surface area contributed by atoms with Gasteiger partial charge in [-0.15, -0.1) is 12.4 Å². The van der Waals surface area contributed by atoms with Gasteiger partial charge >= 0.3 is 0 Å². The maximum Gasteiger partial charge on any atom is 0.223 e. The second kappa shape index (κ2) is 7.93. The SMILES string of the molecule is Cc1ccc(C(=O)CCC(=O)N2CCC(N)C(C)(C)C2)cc1.Cl. The second-order valence-corrected chi connectivity index (χ2v) is 6.99. The molecule has 23 heavy (non-hydrogen) atoms. The highest BCUT2D eigenvalue weighted by Gasteiger charge is 2.35. The number of nitrogens with zero attached hydrogens (tertiary/aromatic N) is 1. The Morgan fingerprint density at radius 1 is 1.22 bits per heavy atom. The Kier molecular flexibility index (Phi) is 6.78. The number of aryl methyl sites for hydroxylation is 1. The lowest BCUT2D eigenvalue weighted by Gasteiger charge is -2.42. The quantitative estimate of drug-likeness (QED) is 0.858. The molecule has 1 unspecified atom stereocenters. The minimum absolute atomic E-state index is 0. The molecule has 1 aliphatic heterocycles. The van der Waals surface area contributed by atoms with Gasteiger partial charge in [-0.05, 0) is 18.8 Å². The molecular weight excluding hydrogens is 312 g/mol. The van der Waals surface area contributed by atoms with Gasteiger partial charge in [-0.3, -0.25) is 9.59 Å². The van der Waals surface area contributed by atoms with E-state index >= 15 is 0 Å². The van der Waals surface area contributed by atoms with Gasteiger partial charge in [0.05, 0.1) is 0 Å². The topological polar surface area (TPSA) is 63.4 Å². The molecule has 1 aliphatic rings. The maximum absolute atomic E-state index is 12.3. The molecule has 0 aliphatic carbocycles. The number of ketones is 1. The van der Waals surface area contributed by atoms with Crippen molar-refractivity contribution in [2.45, 2.75) is 46.1 Å². The van der Waals surface area contributed by atoms with Crippen molar-refractivity contribution in [3.05, 3.63) is 35.4 Å². The largest absolute Gasteiger partial charge is 0.342 e. The molecule has 0 bridgehead atoms. The van der Waals surface area contributed by atoms with Gasteiger partial charge in [-0.25, -0.2) is 0 Å². The van der Waals surface area contributed by atoms with Gasteiger partial charge in [-0.1, -0.05) is 43.7 Å². The zero-order valence-electron chi connectivity index (χ0n) is 14.2. The predicted octanol–water partition coefficient (Wildman–Crippen LogP) is 2.97. The number of benzene rings is 1. The molecule has 5 heteroatoms. The van der Waals surface area contributed by atoms with Gasteiger partial charge in [0.2, 0.25) is 5.91 Å². The van der Waals surface area contributed by atoms with E-state index in [1.165, 1.54) is 0 Å². The van der Waals surface area contributed by atoms with Gasteiger partial charge in [0.25, 0.3) is 0 Å². The first-order valence-electron chi connectivity index (χ1n) is 7.93. The van der Waals surface area contributed by atoms with Crippen molar-refractivity contribution in [1.29, 1.82) is 0 Å². The van der Waals surface area contributed by atoms with E-state index in [4.69, 9.17) is 5.73 Å². The lowest BCUT2D eigenvalue weighted by atomic mass is 9.79. The van der Waals surface area contributed by atoms with Crippen molar-refractivity contribution in [3.63, 3.8) is 0 Å². The number of carbonyl (C=O) groups excluding carboxylic acids is 2. The molecule has 0 radical (unpaired) electrons. The average molecular weight is 339 g/mol. The normalized spacial score (nSPS) is 19.8. The highest BCUT2D eigenvalue weighted by atomic mass is 35.5. The number of hydrogen-bond donors (Lipinski definition) is 1. The van der Waals surface area contributed by atoms with Crippen LogP contribution < -0.4 is 5.73 Å². The van der Waals surface area contributed by atoms with E-state index in [-0.39, 0.29) is 48.4 Å². The van der Waals surface area contributed by atoms with Crippen LogP contribution in [-0.4, -0.2) is 35.7 Å². The van der Waals surface area contributed by atoms with Crippen LogP contribution in [0.3, 0.4) is 0 Å². The lowest BCUT2D eigenvalue weighted by molar-refractivity contribution is -0.134. The van der Waals surface area contributed by atoms with Gasteiger partial charge in [0.15, 0.2) is 5.78 Å². The summed E-state index contributed by atoms with van der Waals surface area (Å²) in [4.78, 5) is 26.3. The molecule has 2 N–H and O–H groups in total. The van der Waals surface area contributed by atoms with Gasteiger partial charge < -0.3 is 10.6 Å². The number of halogens is 1. The Labute approximate surface area is 144 Å². The maximum atomic E-state index is 12.3. The number of piperidine rings is 1. The first-order chi connectivity index (χ1) is 10.3. The first kappa shape index (κ1) is 19.7. The summed E-state index contributed by atoms with van der Waals surface area (Å²) in [5, 5.41) is 0. The number of amides is 1. The van der Waals surface area contributed by atoms with Crippen molar-refractivity contribution < 1.29 is 9.59 Å². The molecule has 1 saturated heterocycles. The molecular formula is C18H27ClN2O2. The summed E-state index contributed by atoms with van der Waals surface area (Å²) in [5.74, 6) is 0.0850. The standard InChI is InChI=1S/C18H26N2O2.ClH/c1-13-4-6-14(7-5-13)15(21)8-9-17(22)20-11-10-16(19)18(2,3)12-20;/h4-7,16H,8-12,19H2,1-3H3;1H. The van der Waals surface area contributed by atoms with E-state index < -0.39 is 0 Å². The highest BCUT2D eigenvalue weighted by molar-refractivity contribution is 5.98. The molecule has 4 nitrogen and oxygen atoms in total. The number of rotatable bonds is 4. The molecule has 1 atom stereocenters. The van der Waals surface area contributed by atoms with Crippen molar-refractivity contribution in [2.24, 2.45) is 11.1 Å². The molecule has 1 fully saturated rings. The van der Waals surface area contributed by atoms with Crippen LogP contribution in [0.4, 0.5) is 0 Å². The number of Topliss-reactive ketones (excluding diaryl/α,β-unsaturated/α-hetero) is 1. The third kappa shape index (κ3) is 5.05. The van der Waals surface area contributed by atoms with E-state index in [9.17, 15) is 9.59 Å². The Hall–Kier alpha value is -1.39. The van der Waals surface area contributed by atoms with Crippen LogP contribution in [-0.2, 0) is 4.79 Å². The summed E-state index contributed by atoms with van der Waals surface area (Å²) in [7, 11) is 0. The van der Waals surface area contributed by atoms with Crippen LogP contribution in [0.2, 0.25) is 0 Å². The van der Waals surface area contributed by atoms with Crippen LogP contribution in [0.5, 0.6) is 0 Å². The van der Waals surface area contributed by atoms with E-state index in [2.05, 4.69) is 13.8 Å². The molecule has 0 aromatic heterocycles. The van der Waals surface area contributed by atoms with Gasteiger partial charge in [0.1, 0.15) is 0 Å². The Bertz CT molecular complexity index is 555. The average Bonchev–Trinajstić information content (AvgIpc) is 2.48. The molecule has 2 rings (SSSR count). The van der Waals surface area contributed by atoms with Crippen molar-refractivity contribution >= 4 is 24.1 Å². The number of likely N-dealkylation sites (tertiary alicyclic amines) is 1. The summed E-state index contributed by atoms with van der Waals surface area (Å²) < 4.78 is 0. The van der Waals surface area contributed by atoms with Crippen LogP contribution in [0, 0.1) is 12.3 Å².